The van der Waals surface area contributed by atoms with E-state index in [1.165, 1.54) is 0 Å². The van der Waals surface area contributed by atoms with Gasteiger partial charge in [-0.3, -0.25) is 4.79 Å². The lowest BCUT2D eigenvalue weighted by Crippen LogP contribution is -2.39. The van der Waals surface area contributed by atoms with Crippen LogP contribution in [0.25, 0.3) is 10.2 Å². The van der Waals surface area contributed by atoms with E-state index in [1.54, 1.807) is 16.2 Å². The van der Waals surface area contributed by atoms with Gasteiger partial charge in [-0.25, -0.2) is 4.98 Å². The van der Waals surface area contributed by atoms with Crippen LogP contribution in [0.1, 0.15) is 25.8 Å². The van der Waals surface area contributed by atoms with Crippen LogP contribution in [0.15, 0.2) is 24.3 Å². The number of nitrogens with zero attached hydrogens (tertiary/aromatic N) is 2. The van der Waals surface area contributed by atoms with E-state index in [2.05, 4.69) is 4.98 Å². The predicted molar refractivity (Wildman–Crippen MR) is 81.8 cm³/mol. The summed E-state index contributed by atoms with van der Waals surface area (Å²) in [6, 6.07) is 8.20. The van der Waals surface area contributed by atoms with Crippen LogP contribution in [-0.2, 0) is 16.1 Å². The number of amides is 1. The molecule has 2 rings (SSSR count). The number of aromatic nitrogens is 1. The predicted octanol–water partition coefficient (Wildman–Crippen LogP) is 3.07. The van der Waals surface area contributed by atoms with Gasteiger partial charge < -0.3 is 9.64 Å². The van der Waals surface area contributed by atoms with Crippen LogP contribution in [0, 0.1) is 0 Å². The van der Waals surface area contributed by atoms with Gasteiger partial charge in [0.25, 0.3) is 0 Å². The van der Waals surface area contributed by atoms with E-state index in [9.17, 15) is 4.79 Å². The molecule has 4 nitrogen and oxygen atoms in total. The molecule has 0 spiro atoms. The van der Waals surface area contributed by atoms with Crippen molar-refractivity contribution in [1.82, 2.24) is 9.88 Å². The summed E-state index contributed by atoms with van der Waals surface area (Å²) in [7, 11) is 0. The Kier molecular flexibility index (Phi) is 5.09. The molecule has 5 heteroatoms. The molecule has 0 saturated heterocycles. The summed E-state index contributed by atoms with van der Waals surface area (Å²) >= 11 is 1.61. The Labute approximate surface area is 123 Å². The number of carbonyl (C=O) groups is 1. The highest BCUT2D eigenvalue weighted by Crippen LogP contribution is 2.21. The quantitative estimate of drug-likeness (QED) is 0.821. The summed E-state index contributed by atoms with van der Waals surface area (Å²) in [5, 5.41) is 0.909. The van der Waals surface area contributed by atoms with Crippen molar-refractivity contribution in [1.29, 1.82) is 0 Å². The number of hydrogen-bond acceptors (Lipinski definition) is 4. The lowest BCUT2D eigenvalue weighted by atomic mass is 10.3. The highest BCUT2D eigenvalue weighted by atomic mass is 32.1. The van der Waals surface area contributed by atoms with Gasteiger partial charge in [-0.1, -0.05) is 12.1 Å². The van der Waals surface area contributed by atoms with Crippen LogP contribution in [0.5, 0.6) is 0 Å². The van der Waals surface area contributed by atoms with Crippen LogP contribution in [0.3, 0.4) is 0 Å². The van der Waals surface area contributed by atoms with Gasteiger partial charge in [0, 0.05) is 12.6 Å². The molecular weight excluding hydrogens is 272 g/mol. The van der Waals surface area contributed by atoms with Crippen molar-refractivity contribution in [3.8, 4) is 0 Å². The van der Waals surface area contributed by atoms with Gasteiger partial charge in [0.15, 0.2) is 0 Å². The maximum atomic E-state index is 12.0. The number of rotatable bonds is 6. The summed E-state index contributed by atoms with van der Waals surface area (Å²) in [6.07, 6.45) is 0. The highest BCUT2D eigenvalue weighted by Gasteiger charge is 2.15. The Morgan fingerprint density at radius 3 is 2.80 bits per heavy atom. The average Bonchev–Trinajstić information content (AvgIpc) is 2.81. The Morgan fingerprint density at radius 2 is 2.15 bits per heavy atom. The topological polar surface area (TPSA) is 42.4 Å². The van der Waals surface area contributed by atoms with E-state index < -0.39 is 0 Å². The minimum atomic E-state index is 0.0311. The lowest BCUT2D eigenvalue weighted by molar-refractivity contribution is -0.138. The first kappa shape index (κ1) is 14.9. The minimum absolute atomic E-state index is 0.0311. The third-order valence-electron chi connectivity index (χ3n) is 3.07. The van der Waals surface area contributed by atoms with Crippen molar-refractivity contribution in [2.75, 3.05) is 13.2 Å². The summed E-state index contributed by atoms with van der Waals surface area (Å²) in [6.45, 7) is 7.21. The zero-order valence-corrected chi connectivity index (χ0v) is 12.9. The smallest absolute Gasteiger partial charge is 0.248 e. The van der Waals surface area contributed by atoms with Gasteiger partial charge in [0.05, 0.1) is 16.8 Å². The Bertz CT molecular complexity index is 547. The number of benzene rings is 1. The Morgan fingerprint density at radius 1 is 1.40 bits per heavy atom. The lowest BCUT2D eigenvalue weighted by Gasteiger charge is -2.24. The first-order valence-corrected chi connectivity index (χ1v) is 7.65. The molecular formula is C15H20N2O2S. The van der Waals surface area contributed by atoms with Gasteiger partial charge in [-0.05, 0) is 32.9 Å². The molecule has 20 heavy (non-hydrogen) atoms. The molecule has 0 bridgehead atoms. The molecule has 0 fully saturated rings. The first-order chi connectivity index (χ1) is 9.61. The molecule has 0 aliphatic carbocycles. The molecule has 1 aromatic heterocycles. The largest absolute Gasteiger partial charge is 0.364 e. The second kappa shape index (κ2) is 6.81. The van der Waals surface area contributed by atoms with Crippen molar-refractivity contribution >= 4 is 27.5 Å². The van der Waals surface area contributed by atoms with Gasteiger partial charge in [-0.2, -0.15) is 0 Å². The average molecular weight is 292 g/mol. The third kappa shape index (κ3) is 3.55. The molecule has 1 heterocycles. The van der Waals surface area contributed by atoms with Crippen LogP contribution < -0.4 is 0 Å². The normalized spacial score (nSPS) is 11.2. The molecule has 0 aliphatic rings. The summed E-state index contributed by atoms with van der Waals surface area (Å²) in [4.78, 5) is 18.2. The monoisotopic (exact) mass is 292 g/mol. The van der Waals surface area contributed by atoms with Crippen LogP contribution in [0.4, 0.5) is 0 Å². The van der Waals surface area contributed by atoms with E-state index in [4.69, 9.17) is 4.74 Å². The fourth-order valence-corrected chi connectivity index (χ4v) is 3.02. The van der Waals surface area contributed by atoms with Crippen molar-refractivity contribution in [3.05, 3.63) is 29.3 Å². The molecule has 108 valence electrons. The van der Waals surface area contributed by atoms with Crippen LogP contribution >= 0.6 is 11.3 Å². The highest BCUT2D eigenvalue weighted by molar-refractivity contribution is 7.18. The van der Waals surface area contributed by atoms with Gasteiger partial charge >= 0.3 is 0 Å². The van der Waals surface area contributed by atoms with Gasteiger partial charge in [-0.15, -0.1) is 11.3 Å². The SMILES string of the molecule is CCN(C(=O)COCc1nc2ccccc2s1)C(C)C. The third-order valence-corrected chi connectivity index (χ3v) is 4.08. The van der Waals surface area contributed by atoms with Crippen LogP contribution in [-0.4, -0.2) is 35.0 Å². The number of carbonyl (C=O) groups excluding carboxylic acids is 1. The number of hydrogen-bond donors (Lipinski definition) is 0. The second-order valence-electron chi connectivity index (χ2n) is 4.84. The molecule has 2 aromatic rings. The molecule has 0 unspecified atom stereocenters. The molecule has 0 N–H and O–H groups in total. The number of ether oxygens (including phenoxy) is 1. The number of thiazole rings is 1. The molecule has 1 aromatic carbocycles. The number of fused-ring (bicyclic) bond motifs is 1. The molecule has 0 radical (unpaired) electrons. The number of para-hydroxylation sites is 1. The van der Waals surface area contributed by atoms with E-state index in [1.807, 2.05) is 45.0 Å². The van der Waals surface area contributed by atoms with Gasteiger partial charge in [0.2, 0.25) is 5.91 Å². The number of likely N-dealkylation sites (N-methyl/N-ethyl adjacent to an activating group) is 1. The van der Waals surface area contributed by atoms with Crippen molar-refractivity contribution in [3.63, 3.8) is 0 Å². The van der Waals surface area contributed by atoms with Crippen LogP contribution in [0.2, 0.25) is 0 Å². The Hall–Kier alpha value is -1.46. The zero-order chi connectivity index (χ0) is 14.5. The van der Waals surface area contributed by atoms with E-state index in [0.717, 1.165) is 15.2 Å². The van der Waals surface area contributed by atoms with Crippen molar-refractivity contribution in [2.45, 2.75) is 33.4 Å². The molecule has 0 aliphatic heterocycles. The fourth-order valence-electron chi connectivity index (χ4n) is 2.12. The van der Waals surface area contributed by atoms with Crippen molar-refractivity contribution < 1.29 is 9.53 Å². The maximum Gasteiger partial charge on any atom is 0.248 e. The zero-order valence-electron chi connectivity index (χ0n) is 12.1. The van der Waals surface area contributed by atoms with Gasteiger partial charge in [0.1, 0.15) is 11.6 Å². The standard InChI is InChI=1S/C15H20N2O2S/c1-4-17(11(2)3)15(18)10-19-9-14-16-12-7-5-6-8-13(12)20-14/h5-8,11H,4,9-10H2,1-3H3. The Balaban J connectivity index is 1.88. The maximum absolute atomic E-state index is 12.0. The first-order valence-electron chi connectivity index (χ1n) is 6.83. The van der Waals surface area contributed by atoms with E-state index in [0.29, 0.717) is 13.2 Å². The second-order valence-corrected chi connectivity index (χ2v) is 5.96. The summed E-state index contributed by atoms with van der Waals surface area (Å²) in [5.74, 6) is 0.0311. The molecule has 0 atom stereocenters. The molecule has 1 amide bonds. The summed E-state index contributed by atoms with van der Waals surface area (Å²) in [5.41, 5.74) is 0.986. The summed E-state index contributed by atoms with van der Waals surface area (Å²) < 4.78 is 6.65. The van der Waals surface area contributed by atoms with Crippen molar-refractivity contribution in [2.24, 2.45) is 0 Å². The van der Waals surface area contributed by atoms with E-state index >= 15 is 0 Å². The molecule has 0 saturated carbocycles. The minimum Gasteiger partial charge on any atom is -0.364 e. The van der Waals surface area contributed by atoms with E-state index in [-0.39, 0.29) is 18.6 Å². The fraction of sp³-hybridized carbons (Fsp3) is 0.467.